The van der Waals surface area contributed by atoms with E-state index in [1.165, 1.54) is 0 Å². The van der Waals surface area contributed by atoms with E-state index in [-0.39, 0.29) is 24.8 Å². The Hall–Kier alpha value is -1.10. The fraction of sp³-hybridized carbons (Fsp3) is 0.750. The smallest absolute Gasteiger partial charge is 0.319 e. The highest BCUT2D eigenvalue weighted by atomic mass is 16.7. The van der Waals surface area contributed by atoms with Crippen LogP contribution in [0.5, 0.6) is 0 Å². The highest BCUT2D eigenvalue weighted by molar-refractivity contribution is 6.04. The fourth-order valence-corrected chi connectivity index (χ4v) is 1.71. The predicted octanol–water partition coefficient (Wildman–Crippen LogP) is -0.315. The van der Waals surface area contributed by atoms with Crippen LogP contribution in [0.4, 0.5) is 0 Å². The number of fused-ring (bicyclic) bond motifs is 1. The summed E-state index contributed by atoms with van der Waals surface area (Å²) in [5.74, 6) is -0.824. The Morgan fingerprint density at radius 1 is 1.69 bits per heavy atom. The van der Waals surface area contributed by atoms with Crippen molar-refractivity contribution in [1.82, 2.24) is 0 Å². The van der Waals surface area contributed by atoms with Gasteiger partial charge in [-0.2, -0.15) is 0 Å². The first-order valence-corrected chi connectivity index (χ1v) is 4.26. The second-order valence-electron chi connectivity index (χ2n) is 3.35. The maximum atomic E-state index is 11.4. The van der Waals surface area contributed by atoms with Crippen molar-refractivity contribution in [2.45, 2.75) is 25.6 Å². The molecule has 1 N–H and O–H groups in total. The lowest BCUT2D eigenvalue weighted by Crippen LogP contribution is -2.42. The molecule has 13 heavy (non-hydrogen) atoms. The van der Waals surface area contributed by atoms with Gasteiger partial charge in [0.1, 0.15) is 23.8 Å². The standard InChI is InChI=1S/C8H11NO4/c1-4-2-6-7(8(11)12-4)5(3-10)9-13-6/h4,6-7,10H,2-3H2,1H3/t4-,6-,7?/m1/s1. The molecule has 0 aromatic rings. The van der Waals surface area contributed by atoms with Crippen LogP contribution in [0.3, 0.4) is 0 Å². The minimum atomic E-state index is -0.485. The number of carbonyl (C=O) groups is 1. The number of cyclic esters (lactones) is 1. The zero-order valence-electron chi connectivity index (χ0n) is 7.27. The maximum Gasteiger partial charge on any atom is 0.319 e. The third-order valence-electron chi connectivity index (χ3n) is 2.33. The average molecular weight is 185 g/mol. The van der Waals surface area contributed by atoms with Crippen molar-refractivity contribution < 1.29 is 19.5 Å². The van der Waals surface area contributed by atoms with Gasteiger partial charge in [-0.3, -0.25) is 4.79 Å². The summed E-state index contributed by atoms with van der Waals surface area (Å²) < 4.78 is 5.02. The zero-order valence-corrected chi connectivity index (χ0v) is 7.27. The Bertz CT molecular complexity index is 263. The largest absolute Gasteiger partial charge is 0.462 e. The van der Waals surface area contributed by atoms with E-state index in [1.54, 1.807) is 0 Å². The topological polar surface area (TPSA) is 68.1 Å². The van der Waals surface area contributed by atoms with Crippen molar-refractivity contribution in [3.8, 4) is 0 Å². The molecular formula is C8H11NO4. The third-order valence-corrected chi connectivity index (χ3v) is 2.33. The maximum absolute atomic E-state index is 11.4. The van der Waals surface area contributed by atoms with Gasteiger partial charge in [-0.25, -0.2) is 0 Å². The molecule has 1 unspecified atom stereocenters. The van der Waals surface area contributed by atoms with Crippen LogP contribution in [0.1, 0.15) is 13.3 Å². The third kappa shape index (κ3) is 1.29. The first kappa shape index (κ1) is 8.50. The molecule has 0 aromatic heterocycles. The molecule has 3 atom stereocenters. The van der Waals surface area contributed by atoms with Crippen LogP contribution in [0, 0.1) is 5.92 Å². The van der Waals surface area contributed by atoms with Crippen LogP contribution in [-0.2, 0) is 14.4 Å². The Morgan fingerprint density at radius 3 is 3.15 bits per heavy atom. The van der Waals surface area contributed by atoms with Crippen LogP contribution < -0.4 is 0 Å². The number of aliphatic hydroxyl groups is 1. The molecule has 0 amide bonds. The van der Waals surface area contributed by atoms with Crippen LogP contribution in [0.2, 0.25) is 0 Å². The Morgan fingerprint density at radius 2 is 2.46 bits per heavy atom. The Labute approximate surface area is 75.3 Å². The van der Waals surface area contributed by atoms with E-state index >= 15 is 0 Å². The molecule has 0 saturated carbocycles. The highest BCUT2D eigenvalue weighted by Crippen LogP contribution is 2.29. The highest BCUT2D eigenvalue weighted by Gasteiger charge is 2.45. The van der Waals surface area contributed by atoms with Gasteiger partial charge in [0, 0.05) is 6.42 Å². The summed E-state index contributed by atoms with van der Waals surface area (Å²) >= 11 is 0. The fourth-order valence-electron chi connectivity index (χ4n) is 1.71. The molecule has 1 saturated heterocycles. The van der Waals surface area contributed by atoms with Gasteiger partial charge in [0.25, 0.3) is 0 Å². The molecule has 1 fully saturated rings. The first-order valence-electron chi connectivity index (χ1n) is 4.26. The van der Waals surface area contributed by atoms with Gasteiger partial charge in [0.2, 0.25) is 0 Å². The number of aliphatic hydroxyl groups excluding tert-OH is 1. The summed E-state index contributed by atoms with van der Waals surface area (Å²) in [6, 6.07) is 0. The van der Waals surface area contributed by atoms with E-state index in [0.717, 1.165) is 0 Å². The molecule has 0 bridgehead atoms. The van der Waals surface area contributed by atoms with Crippen molar-refractivity contribution in [3.63, 3.8) is 0 Å². The normalized spacial score (nSPS) is 37.5. The molecular weight excluding hydrogens is 174 g/mol. The number of ether oxygens (including phenoxy) is 1. The lowest BCUT2D eigenvalue weighted by molar-refractivity contribution is -0.164. The number of carbonyl (C=O) groups excluding carboxylic acids is 1. The molecule has 0 radical (unpaired) electrons. The molecule has 0 spiro atoms. The molecule has 0 aliphatic carbocycles. The van der Waals surface area contributed by atoms with Crippen molar-refractivity contribution in [1.29, 1.82) is 0 Å². The van der Waals surface area contributed by atoms with Gasteiger partial charge in [0.05, 0.1) is 6.61 Å². The van der Waals surface area contributed by atoms with E-state index in [4.69, 9.17) is 14.7 Å². The Balaban J connectivity index is 2.17. The molecule has 72 valence electrons. The minimum Gasteiger partial charge on any atom is -0.462 e. The SMILES string of the molecule is C[C@@H]1C[C@H]2ON=C(CO)C2C(=O)O1. The predicted molar refractivity (Wildman–Crippen MR) is 43.1 cm³/mol. The summed E-state index contributed by atoms with van der Waals surface area (Å²) in [6.07, 6.45) is 0.282. The number of hydrogen-bond acceptors (Lipinski definition) is 5. The van der Waals surface area contributed by atoms with Crippen molar-refractivity contribution >= 4 is 11.7 Å². The number of oxime groups is 1. The van der Waals surface area contributed by atoms with Gasteiger partial charge in [-0.15, -0.1) is 0 Å². The summed E-state index contributed by atoms with van der Waals surface area (Å²) in [6.45, 7) is 1.57. The van der Waals surface area contributed by atoms with Crippen LogP contribution in [-0.4, -0.2) is 35.6 Å². The van der Waals surface area contributed by atoms with Crippen LogP contribution in [0.25, 0.3) is 0 Å². The molecule has 2 rings (SSSR count). The van der Waals surface area contributed by atoms with Gasteiger partial charge in [-0.05, 0) is 6.92 Å². The van der Waals surface area contributed by atoms with Gasteiger partial charge < -0.3 is 14.7 Å². The minimum absolute atomic E-state index is 0.123. The number of esters is 1. The van der Waals surface area contributed by atoms with Crippen molar-refractivity contribution in [2.24, 2.45) is 11.1 Å². The number of rotatable bonds is 1. The average Bonchev–Trinajstić information content (AvgIpc) is 2.47. The lowest BCUT2D eigenvalue weighted by atomic mass is 9.91. The second kappa shape index (κ2) is 2.99. The molecule has 0 aromatic carbocycles. The summed E-state index contributed by atoms with van der Waals surface area (Å²) in [5, 5.41) is 12.5. The summed E-state index contributed by atoms with van der Waals surface area (Å²) in [4.78, 5) is 16.4. The van der Waals surface area contributed by atoms with Gasteiger partial charge >= 0.3 is 5.97 Å². The van der Waals surface area contributed by atoms with E-state index in [2.05, 4.69) is 5.16 Å². The van der Waals surface area contributed by atoms with Gasteiger partial charge in [-0.1, -0.05) is 5.16 Å². The van der Waals surface area contributed by atoms with Crippen molar-refractivity contribution in [3.05, 3.63) is 0 Å². The lowest BCUT2D eigenvalue weighted by Gasteiger charge is -2.27. The zero-order chi connectivity index (χ0) is 9.42. The quantitative estimate of drug-likeness (QED) is 0.569. The van der Waals surface area contributed by atoms with Crippen molar-refractivity contribution in [2.75, 3.05) is 6.61 Å². The molecule has 5 nitrogen and oxygen atoms in total. The first-order chi connectivity index (χ1) is 6.22. The second-order valence-corrected chi connectivity index (χ2v) is 3.35. The molecule has 5 heteroatoms. The van der Waals surface area contributed by atoms with Gasteiger partial charge in [0.15, 0.2) is 0 Å². The molecule has 2 aliphatic heterocycles. The van der Waals surface area contributed by atoms with Crippen LogP contribution in [0.15, 0.2) is 5.16 Å². The number of hydrogen-bond donors (Lipinski definition) is 1. The monoisotopic (exact) mass is 185 g/mol. The van der Waals surface area contributed by atoms with E-state index in [9.17, 15) is 4.79 Å². The summed E-state index contributed by atoms with van der Waals surface area (Å²) in [5.41, 5.74) is 0.377. The van der Waals surface area contributed by atoms with Crippen LogP contribution >= 0.6 is 0 Å². The summed E-state index contributed by atoms with van der Waals surface area (Å²) in [7, 11) is 0. The van der Waals surface area contributed by atoms with E-state index in [0.29, 0.717) is 12.1 Å². The van der Waals surface area contributed by atoms with E-state index < -0.39 is 5.92 Å². The Kier molecular flexibility index (Phi) is 1.95. The van der Waals surface area contributed by atoms with E-state index in [1.807, 2.05) is 6.92 Å². The molecule has 2 heterocycles. The molecule has 2 aliphatic rings. The number of nitrogens with zero attached hydrogens (tertiary/aromatic N) is 1.